The third-order valence-electron chi connectivity index (χ3n) is 5.23. The fourth-order valence-corrected chi connectivity index (χ4v) is 3.75. The van der Waals surface area contributed by atoms with E-state index in [2.05, 4.69) is 19.9 Å². The van der Waals surface area contributed by atoms with Gasteiger partial charge in [-0.2, -0.15) is 0 Å². The third kappa shape index (κ3) is 5.39. The number of benzene rings is 2. The fourth-order valence-electron chi connectivity index (χ4n) is 3.75. The summed E-state index contributed by atoms with van der Waals surface area (Å²) in [5.41, 5.74) is 2.31. The summed E-state index contributed by atoms with van der Waals surface area (Å²) < 4.78 is 45.7. The average Bonchev–Trinajstić information content (AvgIpc) is 3.07. The van der Waals surface area contributed by atoms with E-state index in [0.29, 0.717) is 36.3 Å². The largest absolute Gasteiger partial charge is 0.573 e. The van der Waals surface area contributed by atoms with Gasteiger partial charge in [-0.15, -0.1) is 13.2 Å². The minimum absolute atomic E-state index is 0.121. The molecule has 2 N–H and O–H groups in total. The van der Waals surface area contributed by atoms with Gasteiger partial charge in [0.25, 0.3) is 0 Å². The Morgan fingerprint density at radius 3 is 2.55 bits per heavy atom. The number of piperidine rings is 1. The van der Waals surface area contributed by atoms with Gasteiger partial charge in [-0.05, 0) is 55.2 Å². The van der Waals surface area contributed by atoms with Crippen molar-refractivity contribution in [1.82, 2.24) is 4.98 Å². The molecular formula is C21H20F3N3O4. The van der Waals surface area contributed by atoms with Crippen LogP contribution in [0, 0.1) is 5.92 Å². The lowest BCUT2D eigenvalue weighted by Gasteiger charge is -2.33. The molecule has 0 bridgehead atoms. The molecule has 0 atom stereocenters. The quantitative estimate of drug-likeness (QED) is 0.625. The van der Waals surface area contributed by atoms with E-state index in [4.69, 9.17) is 4.42 Å². The highest BCUT2D eigenvalue weighted by Gasteiger charge is 2.31. The van der Waals surface area contributed by atoms with E-state index in [1.807, 2.05) is 0 Å². The Kier molecular flexibility index (Phi) is 5.62. The van der Waals surface area contributed by atoms with E-state index >= 15 is 0 Å². The van der Waals surface area contributed by atoms with Crippen LogP contribution < -0.4 is 20.7 Å². The number of nitrogens with one attached hydrogen (secondary N) is 2. The zero-order valence-corrected chi connectivity index (χ0v) is 16.4. The van der Waals surface area contributed by atoms with Crippen LogP contribution in [-0.4, -0.2) is 30.3 Å². The number of alkyl halides is 3. The number of aromatic amines is 1. The molecule has 0 unspecified atom stereocenters. The second kappa shape index (κ2) is 8.37. The van der Waals surface area contributed by atoms with Gasteiger partial charge in [0.15, 0.2) is 5.58 Å². The lowest BCUT2D eigenvalue weighted by molar-refractivity contribution is -0.274. The number of oxazole rings is 1. The van der Waals surface area contributed by atoms with Gasteiger partial charge in [0.1, 0.15) is 5.75 Å². The fraction of sp³-hybridized carbons (Fsp3) is 0.333. The van der Waals surface area contributed by atoms with Crippen molar-refractivity contribution in [1.29, 1.82) is 0 Å². The first-order valence-electron chi connectivity index (χ1n) is 9.79. The molecule has 1 fully saturated rings. The van der Waals surface area contributed by atoms with Crippen LogP contribution in [-0.2, 0) is 4.79 Å². The molecule has 1 saturated heterocycles. The number of fused-ring (bicyclic) bond motifs is 1. The van der Waals surface area contributed by atoms with E-state index in [1.165, 1.54) is 12.1 Å². The summed E-state index contributed by atoms with van der Waals surface area (Å²) in [6.45, 7) is 1.41. The van der Waals surface area contributed by atoms with Crippen molar-refractivity contribution in [3.63, 3.8) is 0 Å². The number of hydrogen-bond donors (Lipinski definition) is 2. The van der Waals surface area contributed by atoms with Gasteiger partial charge >= 0.3 is 12.1 Å². The lowest BCUT2D eigenvalue weighted by atomic mass is 9.93. The van der Waals surface area contributed by atoms with Gasteiger partial charge in [-0.25, -0.2) is 4.79 Å². The number of hydrogen-bond acceptors (Lipinski definition) is 5. The van der Waals surface area contributed by atoms with Gasteiger partial charge < -0.3 is 19.4 Å². The normalized spacial score (nSPS) is 15.3. The predicted octanol–water partition coefficient (Wildman–Crippen LogP) is 4.26. The number of halogens is 3. The molecule has 0 spiro atoms. The molecule has 1 aliphatic rings. The zero-order chi connectivity index (χ0) is 22.0. The van der Waals surface area contributed by atoms with Gasteiger partial charge in [0, 0.05) is 37.0 Å². The van der Waals surface area contributed by atoms with E-state index in [0.717, 1.165) is 18.5 Å². The maximum atomic E-state index is 12.4. The van der Waals surface area contributed by atoms with Crippen LogP contribution in [0.3, 0.4) is 0 Å². The van der Waals surface area contributed by atoms with Crippen LogP contribution in [0.2, 0.25) is 0 Å². The summed E-state index contributed by atoms with van der Waals surface area (Å²) >= 11 is 0. The Hall–Kier alpha value is -3.43. The number of amides is 1. The number of nitrogens with zero attached hydrogens (tertiary/aromatic N) is 1. The molecular weight excluding hydrogens is 415 g/mol. The molecule has 2 aromatic carbocycles. The first kappa shape index (κ1) is 20.8. The van der Waals surface area contributed by atoms with Crippen LogP contribution in [0.1, 0.15) is 19.3 Å². The summed E-state index contributed by atoms with van der Waals surface area (Å²) in [6.07, 6.45) is -2.76. The molecule has 0 radical (unpaired) electrons. The van der Waals surface area contributed by atoms with E-state index in [1.54, 1.807) is 30.3 Å². The van der Waals surface area contributed by atoms with E-state index in [-0.39, 0.29) is 17.6 Å². The van der Waals surface area contributed by atoms with Gasteiger partial charge in [-0.3, -0.25) is 9.78 Å². The summed E-state index contributed by atoms with van der Waals surface area (Å²) in [6, 6.07) is 10.8. The minimum atomic E-state index is -4.71. The number of aromatic nitrogens is 1. The molecule has 164 valence electrons. The molecule has 4 rings (SSSR count). The Labute approximate surface area is 174 Å². The summed E-state index contributed by atoms with van der Waals surface area (Å²) in [7, 11) is 0. The molecule has 2 heterocycles. The maximum Gasteiger partial charge on any atom is 0.573 e. The van der Waals surface area contributed by atoms with Crippen molar-refractivity contribution < 1.29 is 27.1 Å². The molecule has 1 aromatic heterocycles. The topological polar surface area (TPSA) is 87.6 Å². The Morgan fingerprint density at radius 2 is 1.87 bits per heavy atom. The molecule has 10 heteroatoms. The van der Waals surface area contributed by atoms with Crippen molar-refractivity contribution in [2.75, 3.05) is 23.3 Å². The minimum Gasteiger partial charge on any atom is -0.408 e. The highest BCUT2D eigenvalue weighted by Crippen LogP contribution is 2.29. The van der Waals surface area contributed by atoms with Crippen molar-refractivity contribution in [2.45, 2.75) is 25.6 Å². The van der Waals surface area contributed by atoms with Crippen LogP contribution in [0.25, 0.3) is 11.1 Å². The predicted molar refractivity (Wildman–Crippen MR) is 108 cm³/mol. The molecule has 3 aromatic rings. The van der Waals surface area contributed by atoms with Crippen molar-refractivity contribution in [3.05, 3.63) is 53.0 Å². The Bertz CT molecular complexity index is 1110. The summed E-state index contributed by atoms with van der Waals surface area (Å²) in [5, 5.41) is 2.82. The van der Waals surface area contributed by atoms with Gasteiger partial charge in [0.2, 0.25) is 5.91 Å². The molecule has 1 aliphatic heterocycles. The Balaban J connectivity index is 1.27. The van der Waals surface area contributed by atoms with E-state index in [9.17, 15) is 22.8 Å². The molecule has 1 amide bonds. The number of H-pyrrole nitrogens is 1. The summed E-state index contributed by atoms with van der Waals surface area (Å²) in [5.74, 6) is -0.713. The van der Waals surface area contributed by atoms with Gasteiger partial charge in [0.05, 0.1) is 5.52 Å². The van der Waals surface area contributed by atoms with Crippen LogP contribution in [0.4, 0.5) is 24.5 Å². The van der Waals surface area contributed by atoms with Gasteiger partial charge in [-0.1, -0.05) is 0 Å². The molecule has 7 nitrogen and oxygen atoms in total. The molecule has 31 heavy (non-hydrogen) atoms. The first-order chi connectivity index (χ1) is 14.7. The standard InChI is InChI=1S/C21H20F3N3O4/c22-21(23,24)31-16-4-2-15(3-5-16)27-9-7-13(8-10-27)11-19(28)25-14-1-6-17-18(12-14)30-20(29)26-17/h1-6,12-13H,7-11H2,(H,25,28)(H,26,29). The molecule has 0 saturated carbocycles. The number of carbonyl (C=O) groups is 1. The van der Waals surface area contributed by atoms with Crippen LogP contribution in [0.5, 0.6) is 5.75 Å². The Morgan fingerprint density at radius 1 is 1.16 bits per heavy atom. The SMILES string of the molecule is O=C(CC1CCN(c2ccc(OC(F)(F)F)cc2)CC1)Nc1ccc2[nH]c(=O)oc2c1. The monoisotopic (exact) mass is 435 g/mol. The number of ether oxygens (including phenoxy) is 1. The van der Waals surface area contributed by atoms with Crippen molar-refractivity contribution >= 4 is 28.4 Å². The highest BCUT2D eigenvalue weighted by molar-refractivity contribution is 5.92. The third-order valence-corrected chi connectivity index (χ3v) is 5.23. The second-order valence-corrected chi connectivity index (χ2v) is 7.45. The lowest BCUT2D eigenvalue weighted by Crippen LogP contribution is -2.34. The van der Waals surface area contributed by atoms with Crippen molar-refractivity contribution in [3.8, 4) is 5.75 Å². The van der Waals surface area contributed by atoms with Crippen LogP contribution in [0.15, 0.2) is 51.7 Å². The second-order valence-electron chi connectivity index (χ2n) is 7.45. The average molecular weight is 435 g/mol. The number of carbonyl (C=O) groups excluding carboxylic acids is 1. The number of rotatable bonds is 5. The maximum absolute atomic E-state index is 12.4. The first-order valence-corrected chi connectivity index (χ1v) is 9.79. The smallest absolute Gasteiger partial charge is 0.408 e. The summed E-state index contributed by atoms with van der Waals surface area (Å²) in [4.78, 5) is 28.2. The van der Waals surface area contributed by atoms with Crippen LogP contribution >= 0.6 is 0 Å². The van der Waals surface area contributed by atoms with E-state index < -0.39 is 12.1 Å². The van der Waals surface area contributed by atoms with Crippen molar-refractivity contribution in [2.24, 2.45) is 5.92 Å². The zero-order valence-electron chi connectivity index (χ0n) is 16.4. The highest BCUT2D eigenvalue weighted by atomic mass is 19.4. The molecule has 0 aliphatic carbocycles. The number of anilines is 2.